The lowest BCUT2D eigenvalue weighted by Crippen LogP contribution is -2.32. The maximum absolute atomic E-state index is 12.4. The molecule has 2 rings (SSSR count). The minimum Gasteiger partial charge on any atom is -0.384 e. The zero-order valence-corrected chi connectivity index (χ0v) is 13.2. The van der Waals surface area contributed by atoms with Crippen molar-refractivity contribution in [2.45, 2.75) is 37.1 Å². The second-order valence-electron chi connectivity index (χ2n) is 5.53. The largest absolute Gasteiger partial charge is 0.384 e. The van der Waals surface area contributed by atoms with E-state index in [0.717, 1.165) is 13.0 Å². The maximum atomic E-state index is 12.4. The number of hydrogen-bond donors (Lipinski definition) is 2. The van der Waals surface area contributed by atoms with E-state index in [1.54, 1.807) is 18.2 Å². The summed E-state index contributed by atoms with van der Waals surface area (Å²) in [6.07, 6.45) is 3.40. The van der Waals surface area contributed by atoms with Gasteiger partial charge in [0.05, 0.1) is 10.6 Å². The average molecular weight is 309 g/mol. The molecular formula is C15H23N3O2S. The van der Waals surface area contributed by atoms with Gasteiger partial charge in [-0.25, -0.2) is 8.42 Å². The van der Waals surface area contributed by atoms with Gasteiger partial charge in [0.1, 0.15) is 5.84 Å². The molecule has 0 unspecified atom stereocenters. The Bertz CT molecular complexity index is 609. The minimum atomic E-state index is -3.33. The van der Waals surface area contributed by atoms with Gasteiger partial charge < -0.3 is 5.73 Å². The Kier molecular flexibility index (Phi) is 5.00. The molecule has 0 spiro atoms. The van der Waals surface area contributed by atoms with Crippen molar-refractivity contribution in [3.63, 3.8) is 0 Å². The number of benzene rings is 1. The number of nitrogens with one attached hydrogen (secondary N) is 1. The van der Waals surface area contributed by atoms with Crippen LogP contribution in [0.25, 0.3) is 0 Å². The first-order valence-corrected chi connectivity index (χ1v) is 9.00. The van der Waals surface area contributed by atoms with Crippen LogP contribution in [0, 0.1) is 5.41 Å². The summed E-state index contributed by atoms with van der Waals surface area (Å²) >= 11 is 0. The van der Waals surface area contributed by atoms with E-state index >= 15 is 0 Å². The first kappa shape index (κ1) is 16.0. The smallest absolute Gasteiger partial charge is 0.179 e. The van der Waals surface area contributed by atoms with Gasteiger partial charge in [-0.1, -0.05) is 19.1 Å². The summed E-state index contributed by atoms with van der Waals surface area (Å²) in [7, 11) is -3.33. The third-order valence-corrected chi connectivity index (χ3v) is 5.42. The van der Waals surface area contributed by atoms with Crippen LogP contribution in [0.2, 0.25) is 0 Å². The Balaban J connectivity index is 2.07. The molecule has 0 radical (unpaired) electrons. The SMILES string of the molecule is CCCN(CCS(=O)(=O)c1cccc(C(=N)N)c1)C1CC1. The molecule has 6 heteroatoms. The van der Waals surface area contributed by atoms with Crippen molar-refractivity contribution in [3.8, 4) is 0 Å². The van der Waals surface area contributed by atoms with Gasteiger partial charge in [-0.15, -0.1) is 0 Å². The molecule has 21 heavy (non-hydrogen) atoms. The highest BCUT2D eigenvalue weighted by atomic mass is 32.2. The van der Waals surface area contributed by atoms with Crippen molar-refractivity contribution in [3.05, 3.63) is 29.8 Å². The summed E-state index contributed by atoms with van der Waals surface area (Å²) in [5.74, 6) is 0.00263. The van der Waals surface area contributed by atoms with Gasteiger partial charge in [0.2, 0.25) is 0 Å². The number of nitrogens with zero attached hydrogens (tertiary/aromatic N) is 1. The van der Waals surface area contributed by atoms with Crippen molar-refractivity contribution in [2.24, 2.45) is 5.73 Å². The third-order valence-electron chi connectivity index (χ3n) is 3.73. The molecule has 116 valence electrons. The molecule has 0 heterocycles. The van der Waals surface area contributed by atoms with Crippen LogP contribution >= 0.6 is 0 Å². The molecule has 1 aromatic rings. The van der Waals surface area contributed by atoms with Gasteiger partial charge in [0.15, 0.2) is 9.84 Å². The first-order valence-electron chi connectivity index (χ1n) is 7.35. The molecule has 1 fully saturated rings. The van der Waals surface area contributed by atoms with Gasteiger partial charge in [0.25, 0.3) is 0 Å². The normalized spacial score (nSPS) is 15.3. The lowest BCUT2D eigenvalue weighted by Gasteiger charge is -2.21. The van der Waals surface area contributed by atoms with Gasteiger partial charge in [-0.05, 0) is 37.9 Å². The van der Waals surface area contributed by atoms with E-state index in [9.17, 15) is 8.42 Å². The number of hydrogen-bond acceptors (Lipinski definition) is 4. The number of amidine groups is 1. The Labute approximate surface area is 126 Å². The molecule has 1 aromatic carbocycles. The molecule has 0 amide bonds. The highest BCUT2D eigenvalue weighted by Crippen LogP contribution is 2.27. The fraction of sp³-hybridized carbons (Fsp3) is 0.533. The van der Waals surface area contributed by atoms with E-state index in [1.807, 2.05) is 0 Å². The number of nitrogens with two attached hydrogens (primary N) is 1. The Hall–Kier alpha value is -1.40. The summed E-state index contributed by atoms with van der Waals surface area (Å²) in [4.78, 5) is 2.52. The van der Waals surface area contributed by atoms with E-state index in [-0.39, 0.29) is 16.5 Å². The Morgan fingerprint density at radius 2 is 2.10 bits per heavy atom. The molecule has 0 bridgehead atoms. The summed E-state index contributed by atoms with van der Waals surface area (Å²) in [5.41, 5.74) is 5.86. The molecule has 5 nitrogen and oxygen atoms in total. The van der Waals surface area contributed by atoms with Crippen LogP contribution in [0.15, 0.2) is 29.2 Å². The number of nitrogen functional groups attached to an aromatic ring is 1. The lowest BCUT2D eigenvalue weighted by atomic mass is 10.2. The summed E-state index contributed by atoms with van der Waals surface area (Å²) in [6, 6.07) is 6.91. The van der Waals surface area contributed by atoms with Gasteiger partial charge in [-0.2, -0.15) is 0 Å². The van der Waals surface area contributed by atoms with Gasteiger partial charge >= 0.3 is 0 Å². The zero-order chi connectivity index (χ0) is 15.5. The van der Waals surface area contributed by atoms with Crippen LogP contribution in [-0.2, 0) is 9.84 Å². The summed E-state index contributed by atoms with van der Waals surface area (Å²) < 4.78 is 24.8. The van der Waals surface area contributed by atoms with Crippen molar-refractivity contribution >= 4 is 15.7 Å². The van der Waals surface area contributed by atoms with Crippen molar-refractivity contribution in [1.82, 2.24) is 4.90 Å². The fourth-order valence-corrected chi connectivity index (χ4v) is 3.72. The third kappa shape index (κ3) is 4.28. The molecule has 1 aliphatic rings. The molecular weight excluding hydrogens is 286 g/mol. The van der Waals surface area contributed by atoms with E-state index in [2.05, 4.69) is 11.8 Å². The monoisotopic (exact) mass is 309 g/mol. The van der Waals surface area contributed by atoms with Gasteiger partial charge in [-0.3, -0.25) is 10.3 Å². The van der Waals surface area contributed by atoms with Crippen LogP contribution < -0.4 is 5.73 Å². The first-order chi connectivity index (χ1) is 9.94. The molecule has 0 aliphatic heterocycles. The van der Waals surface area contributed by atoms with Crippen LogP contribution in [0.5, 0.6) is 0 Å². The predicted molar refractivity (Wildman–Crippen MR) is 84.4 cm³/mol. The van der Waals surface area contributed by atoms with Gasteiger partial charge in [0, 0.05) is 18.2 Å². The summed E-state index contributed by atoms with van der Waals surface area (Å²) in [6.45, 7) is 3.64. The van der Waals surface area contributed by atoms with E-state index in [4.69, 9.17) is 11.1 Å². The van der Waals surface area contributed by atoms with E-state index in [1.165, 1.54) is 18.9 Å². The van der Waals surface area contributed by atoms with Crippen LogP contribution in [0.4, 0.5) is 0 Å². The van der Waals surface area contributed by atoms with Crippen molar-refractivity contribution in [2.75, 3.05) is 18.8 Å². The van der Waals surface area contributed by atoms with Crippen LogP contribution in [0.3, 0.4) is 0 Å². The second kappa shape index (κ2) is 6.58. The highest BCUT2D eigenvalue weighted by Gasteiger charge is 2.29. The zero-order valence-electron chi connectivity index (χ0n) is 12.4. The summed E-state index contributed by atoms with van der Waals surface area (Å²) in [5, 5.41) is 7.40. The lowest BCUT2D eigenvalue weighted by molar-refractivity contribution is 0.279. The average Bonchev–Trinajstić information content (AvgIpc) is 3.28. The fourth-order valence-electron chi connectivity index (χ4n) is 2.42. The molecule has 0 atom stereocenters. The second-order valence-corrected chi connectivity index (χ2v) is 7.64. The standard InChI is InChI=1S/C15H23N3O2S/c1-2-8-18(13-6-7-13)9-10-21(19,20)14-5-3-4-12(11-14)15(16)17/h3-5,11,13H,2,6-10H2,1H3,(H3,16,17). The maximum Gasteiger partial charge on any atom is 0.179 e. The topological polar surface area (TPSA) is 87.2 Å². The Morgan fingerprint density at radius 1 is 1.38 bits per heavy atom. The molecule has 0 saturated heterocycles. The Morgan fingerprint density at radius 3 is 2.67 bits per heavy atom. The van der Waals surface area contributed by atoms with E-state index in [0.29, 0.717) is 18.2 Å². The van der Waals surface area contributed by atoms with Crippen molar-refractivity contribution in [1.29, 1.82) is 5.41 Å². The minimum absolute atomic E-state index is 0.113. The van der Waals surface area contributed by atoms with E-state index < -0.39 is 9.84 Å². The molecule has 1 aliphatic carbocycles. The molecule has 3 N–H and O–H groups in total. The quantitative estimate of drug-likeness (QED) is 0.564. The predicted octanol–water partition coefficient (Wildman–Crippen LogP) is 1.62. The molecule has 0 aromatic heterocycles. The van der Waals surface area contributed by atoms with Crippen LogP contribution in [-0.4, -0.2) is 44.0 Å². The molecule has 1 saturated carbocycles. The van der Waals surface area contributed by atoms with Crippen molar-refractivity contribution < 1.29 is 8.42 Å². The highest BCUT2D eigenvalue weighted by molar-refractivity contribution is 7.91. The number of sulfone groups is 1. The number of rotatable bonds is 8. The van der Waals surface area contributed by atoms with Crippen LogP contribution in [0.1, 0.15) is 31.7 Å².